The second-order valence-electron chi connectivity index (χ2n) is 13.8. The summed E-state index contributed by atoms with van der Waals surface area (Å²) in [6.45, 7) is 8.38. The van der Waals surface area contributed by atoms with Gasteiger partial charge in [0.05, 0.1) is 12.6 Å². The van der Waals surface area contributed by atoms with Gasteiger partial charge in [-0.3, -0.25) is 38.6 Å². The SMILES string of the molecule is CC[C@H](C)[C@H](NC(=O)[C@H](CC(C)C)NC(=O)CNC(=O)[C@H](CCCCN)NC(=O)[C@H](C)NC(=O)[C@@H](N)CCC(=O)O)C(=O)N[C@@H](CCCN=C(N)N)C(=O)O. The lowest BCUT2D eigenvalue weighted by Gasteiger charge is -2.28. The van der Waals surface area contributed by atoms with E-state index in [1.54, 1.807) is 13.8 Å². The monoisotopic (exact) mass is 785 g/mol. The summed E-state index contributed by atoms with van der Waals surface area (Å²) in [5.41, 5.74) is 21.9. The van der Waals surface area contributed by atoms with Crippen LogP contribution in [0.15, 0.2) is 4.99 Å². The van der Waals surface area contributed by atoms with Crippen LogP contribution < -0.4 is 54.8 Å². The van der Waals surface area contributed by atoms with Crippen molar-refractivity contribution < 1.29 is 48.6 Å². The third-order valence-electron chi connectivity index (χ3n) is 8.47. The largest absolute Gasteiger partial charge is 0.481 e. The molecule has 0 saturated heterocycles. The molecule has 0 aliphatic heterocycles. The van der Waals surface area contributed by atoms with Crippen LogP contribution in [-0.2, 0) is 38.4 Å². The first-order valence-electron chi connectivity index (χ1n) is 18.5. The van der Waals surface area contributed by atoms with Crippen LogP contribution in [0.5, 0.6) is 0 Å². The van der Waals surface area contributed by atoms with E-state index in [9.17, 15) is 43.5 Å². The molecule has 0 aliphatic carbocycles. The van der Waals surface area contributed by atoms with E-state index in [2.05, 4.69) is 36.9 Å². The highest BCUT2D eigenvalue weighted by Crippen LogP contribution is 2.12. The molecule has 0 fully saturated rings. The van der Waals surface area contributed by atoms with Gasteiger partial charge in [0.2, 0.25) is 35.4 Å². The summed E-state index contributed by atoms with van der Waals surface area (Å²) >= 11 is 0. The van der Waals surface area contributed by atoms with E-state index in [0.29, 0.717) is 25.8 Å². The first-order valence-corrected chi connectivity index (χ1v) is 18.5. The molecule has 21 nitrogen and oxygen atoms in total. The fourth-order valence-electron chi connectivity index (χ4n) is 5.07. The minimum absolute atomic E-state index is 0.0226. The number of nitrogens with two attached hydrogens (primary N) is 4. The van der Waals surface area contributed by atoms with Gasteiger partial charge < -0.3 is 65.0 Å². The Balaban J connectivity index is 5.67. The lowest BCUT2D eigenvalue weighted by molar-refractivity contribution is -0.143. The number of amides is 6. The highest BCUT2D eigenvalue weighted by Gasteiger charge is 2.33. The molecule has 7 atom stereocenters. The minimum atomic E-state index is -1.28. The predicted molar refractivity (Wildman–Crippen MR) is 203 cm³/mol. The van der Waals surface area contributed by atoms with Gasteiger partial charge in [0.15, 0.2) is 5.96 Å². The number of nitrogens with one attached hydrogen (secondary N) is 6. The fourth-order valence-corrected chi connectivity index (χ4v) is 5.07. The topological polar surface area (TPSA) is 366 Å². The van der Waals surface area contributed by atoms with E-state index in [4.69, 9.17) is 28.0 Å². The Morgan fingerprint density at radius 1 is 0.691 bits per heavy atom. The summed E-state index contributed by atoms with van der Waals surface area (Å²) in [4.78, 5) is 105. The van der Waals surface area contributed by atoms with E-state index in [1.165, 1.54) is 6.92 Å². The number of carbonyl (C=O) groups excluding carboxylic acids is 6. The first kappa shape index (κ1) is 49.9. The standard InChI is InChI=1S/C34H63N11O10/c1-6-19(4)27(32(53)44-23(33(54)55)11-9-15-39-34(37)38)45-31(52)24(16-18(2)3)42-25(46)17-40-30(51)22(10-7-8-14-35)43-28(49)20(5)41-29(50)21(36)12-13-26(47)48/h18-24,27H,6-17,35-36H2,1-5H3,(H,40,51)(H,41,50)(H,42,46)(H,43,49)(H,44,53)(H,45,52)(H,47,48)(H,54,55)(H4,37,38,39)/t19-,20-,21-,22-,23-,24-,27-/m0/s1. The molecule has 16 N–H and O–H groups in total. The van der Waals surface area contributed by atoms with Crippen LogP contribution >= 0.6 is 0 Å². The molecule has 0 aliphatic rings. The van der Waals surface area contributed by atoms with Crippen molar-refractivity contribution >= 4 is 53.3 Å². The van der Waals surface area contributed by atoms with Crippen molar-refractivity contribution in [3.8, 4) is 0 Å². The number of hydrogen-bond donors (Lipinski definition) is 12. The van der Waals surface area contributed by atoms with E-state index in [1.807, 2.05) is 13.8 Å². The summed E-state index contributed by atoms with van der Waals surface area (Å²) in [5, 5.41) is 33.6. The summed E-state index contributed by atoms with van der Waals surface area (Å²) in [6.07, 6.45) is 1.51. The average Bonchev–Trinajstić information content (AvgIpc) is 3.11. The summed E-state index contributed by atoms with van der Waals surface area (Å²) in [6, 6.07) is -6.99. The smallest absolute Gasteiger partial charge is 0.326 e. The van der Waals surface area contributed by atoms with Gasteiger partial charge in [-0.15, -0.1) is 0 Å². The Morgan fingerprint density at radius 3 is 1.85 bits per heavy atom. The van der Waals surface area contributed by atoms with Crippen LogP contribution in [0.25, 0.3) is 0 Å². The molecule has 0 spiro atoms. The van der Waals surface area contributed by atoms with Crippen molar-refractivity contribution in [1.82, 2.24) is 31.9 Å². The molecule has 21 heteroatoms. The van der Waals surface area contributed by atoms with Crippen LogP contribution in [0.4, 0.5) is 0 Å². The molecule has 314 valence electrons. The Labute approximate surface area is 321 Å². The normalized spacial score (nSPS) is 14.8. The van der Waals surface area contributed by atoms with Gasteiger partial charge in [-0.25, -0.2) is 4.79 Å². The number of rotatable bonds is 28. The minimum Gasteiger partial charge on any atom is -0.481 e. The van der Waals surface area contributed by atoms with E-state index in [0.717, 1.165) is 0 Å². The third-order valence-corrected chi connectivity index (χ3v) is 8.47. The highest BCUT2D eigenvalue weighted by molar-refractivity contribution is 5.96. The maximum Gasteiger partial charge on any atom is 0.326 e. The Bertz CT molecular complexity index is 1330. The number of nitrogens with zero attached hydrogens (tertiary/aromatic N) is 1. The van der Waals surface area contributed by atoms with Crippen LogP contribution in [0, 0.1) is 11.8 Å². The van der Waals surface area contributed by atoms with Crippen molar-refractivity contribution in [2.45, 2.75) is 129 Å². The Kier molecular flexibility index (Phi) is 24.2. The molecular formula is C34H63N11O10. The third kappa shape index (κ3) is 21.4. The molecular weight excluding hydrogens is 722 g/mol. The molecule has 0 radical (unpaired) electrons. The van der Waals surface area contributed by atoms with Gasteiger partial charge in [0.1, 0.15) is 30.2 Å². The fraction of sp³-hybridized carbons (Fsp3) is 0.735. The molecule has 0 unspecified atom stereocenters. The zero-order valence-electron chi connectivity index (χ0n) is 32.5. The van der Waals surface area contributed by atoms with Crippen molar-refractivity contribution in [2.75, 3.05) is 19.6 Å². The zero-order chi connectivity index (χ0) is 42.2. The molecule has 0 aromatic rings. The molecule has 55 heavy (non-hydrogen) atoms. The maximum atomic E-state index is 13.5. The van der Waals surface area contributed by atoms with E-state index >= 15 is 0 Å². The zero-order valence-corrected chi connectivity index (χ0v) is 32.5. The summed E-state index contributed by atoms with van der Waals surface area (Å²) in [7, 11) is 0. The van der Waals surface area contributed by atoms with Crippen molar-refractivity contribution in [2.24, 2.45) is 39.8 Å². The molecule has 0 bridgehead atoms. The number of carboxylic acids is 2. The maximum absolute atomic E-state index is 13.5. The number of carboxylic acid groups (broad SMARTS) is 2. The van der Waals surface area contributed by atoms with Gasteiger partial charge in [0.25, 0.3) is 0 Å². The highest BCUT2D eigenvalue weighted by atomic mass is 16.4. The molecule has 0 rings (SSSR count). The number of aliphatic carboxylic acids is 2. The Hall–Kier alpha value is -5.05. The van der Waals surface area contributed by atoms with Crippen LogP contribution in [0.1, 0.15) is 92.4 Å². The number of unbranched alkanes of at least 4 members (excludes halogenated alkanes) is 1. The average molecular weight is 786 g/mol. The van der Waals surface area contributed by atoms with E-state index in [-0.39, 0.29) is 56.9 Å². The van der Waals surface area contributed by atoms with Gasteiger partial charge in [-0.05, 0) is 70.3 Å². The summed E-state index contributed by atoms with van der Waals surface area (Å²) < 4.78 is 0. The lowest BCUT2D eigenvalue weighted by Crippen LogP contribution is -2.58. The first-order chi connectivity index (χ1) is 25.7. The van der Waals surface area contributed by atoms with Gasteiger partial charge in [-0.1, -0.05) is 34.1 Å². The quantitative estimate of drug-likeness (QED) is 0.0215. The van der Waals surface area contributed by atoms with Gasteiger partial charge in [-0.2, -0.15) is 0 Å². The predicted octanol–water partition coefficient (Wildman–Crippen LogP) is -2.90. The van der Waals surface area contributed by atoms with Crippen LogP contribution in [0.2, 0.25) is 0 Å². The van der Waals surface area contributed by atoms with Gasteiger partial charge >= 0.3 is 11.9 Å². The number of guanidine groups is 1. The van der Waals surface area contributed by atoms with E-state index < -0.39 is 96.1 Å². The second-order valence-corrected chi connectivity index (χ2v) is 13.8. The van der Waals surface area contributed by atoms with Crippen LogP contribution in [0.3, 0.4) is 0 Å². The van der Waals surface area contributed by atoms with Crippen molar-refractivity contribution in [3.63, 3.8) is 0 Å². The van der Waals surface area contributed by atoms with Crippen LogP contribution in [-0.4, -0.2) is 119 Å². The molecule has 0 saturated carbocycles. The lowest BCUT2D eigenvalue weighted by atomic mass is 9.96. The molecule has 0 aromatic heterocycles. The number of carbonyl (C=O) groups is 8. The number of hydrogen-bond acceptors (Lipinski definition) is 11. The van der Waals surface area contributed by atoms with Crippen molar-refractivity contribution in [3.05, 3.63) is 0 Å². The second kappa shape index (κ2) is 26.7. The molecule has 0 aromatic carbocycles. The number of aliphatic imine (C=N–C) groups is 1. The molecule has 6 amide bonds. The Morgan fingerprint density at radius 2 is 1.31 bits per heavy atom. The molecule has 0 heterocycles. The summed E-state index contributed by atoms with van der Waals surface area (Å²) in [5.74, 6) is -7.45. The van der Waals surface area contributed by atoms with Crippen molar-refractivity contribution in [1.29, 1.82) is 0 Å². The van der Waals surface area contributed by atoms with Gasteiger partial charge in [0, 0.05) is 13.0 Å².